The van der Waals surface area contributed by atoms with Crippen LogP contribution in [0.3, 0.4) is 0 Å². The first kappa shape index (κ1) is 25.6. The zero-order valence-corrected chi connectivity index (χ0v) is 21.5. The number of phenols is 1. The van der Waals surface area contributed by atoms with Gasteiger partial charge in [0.05, 0.1) is 18.7 Å². The monoisotopic (exact) mass is 521 g/mol. The normalized spacial score (nSPS) is 16.4. The van der Waals surface area contributed by atoms with Crippen molar-refractivity contribution in [1.82, 2.24) is 0 Å². The van der Waals surface area contributed by atoms with E-state index in [0.29, 0.717) is 34.9 Å². The number of benzene rings is 4. The summed E-state index contributed by atoms with van der Waals surface area (Å²) in [6, 6.07) is 27.0. The number of hydrogen-bond acceptors (Lipinski definition) is 6. The Kier molecular flexibility index (Phi) is 7.06. The summed E-state index contributed by atoms with van der Waals surface area (Å²) < 4.78 is 11.2. The van der Waals surface area contributed by atoms with Crippen LogP contribution < -0.4 is 14.4 Å². The largest absolute Gasteiger partial charge is 0.508 e. The molecule has 0 bridgehead atoms. The van der Waals surface area contributed by atoms with Gasteiger partial charge in [0.2, 0.25) is 0 Å². The van der Waals surface area contributed by atoms with Gasteiger partial charge in [0.1, 0.15) is 29.6 Å². The van der Waals surface area contributed by atoms with Crippen LogP contribution >= 0.6 is 0 Å². The van der Waals surface area contributed by atoms with Gasteiger partial charge in [-0.2, -0.15) is 0 Å². The van der Waals surface area contributed by atoms with E-state index in [-0.39, 0.29) is 17.1 Å². The highest BCUT2D eigenvalue weighted by atomic mass is 16.5. The van der Waals surface area contributed by atoms with E-state index < -0.39 is 17.7 Å². The van der Waals surface area contributed by atoms with Crippen LogP contribution in [0.4, 0.5) is 5.69 Å². The van der Waals surface area contributed by atoms with E-state index in [1.807, 2.05) is 37.3 Å². The van der Waals surface area contributed by atoms with Gasteiger partial charge in [0, 0.05) is 11.3 Å². The molecule has 4 aromatic rings. The van der Waals surface area contributed by atoms with E-state index in [2.05, 4.69) is 0 Å². The molecular formula is C32H27NO6. The van der Waals surface area contributed by atoms with Gasteiger partial charge < -0.3 is 19.7 Å². The van der Waals surface area contributed by atoms with Crippen molar-refractivity contribution in [2.45, 2.75) is 19.6 Å². The van der Waals surface area contributed by atoms with E-state index in [0.717, 1.165) is 11.1 Å². The smallest absolute Gasteiger partial charge is 0.300 e. The van der Waals surface area contributed by atoms with Crippen molar-refractivity contribution >= 4 is 23.1 Å². The molecule has 0 saturated carbocycles. The second kappa shape index (κ2) is 10.8. The fourth-order valence-corrected chi connectivity index (χ4v) is 4.66. The van der Waals surface area contributed by atoms with Gasteiger partial charge in [-0.05, 0) is 78.2 Å². The Morgan fingerprint density at radius 2 is 1.59 bits per heavy atom. The van der Waals surface area contributed by atoms with Crippen LogP contribution in [-0.2, 0) is 16.2 Å². The third-order valence-electron chi connectivity index (χ3n) is 6.69. The van der Waals surface area contributed by atoms with Gasteiger partial charge in [-0.15, -0.1) is 0 Å². The Bertz CT molecular complexity index is 1540. The number of methoxy groups -OCH3 is 1. The average Bonchev–Trinajstić information content (AvgIpc) is 3.22. The number of rotatable bonds is 7. The highest BCUT2D eigenvalue weighted by Gasteiger charge is 2.47. The summed E-state index contributed by atoms with van der Waals surface area (Å²) in [5.41, 5.74) is 3.16. The Balaban J connectivity index is 1.55. The van der Waals surface area contributed by atoms with Gasteiger partial charge >= 0.3 is 0 Å². The van der Waals surface area contributed by atoms with Crippen LogP contribution in [-0.4, -0.2) is 29.0 Å². The van der Waals surface area contributed by atoms with Crippen molar-refractivity contribution < 1.29 is 29.3 Å². The van der Waals surface area contributed by atoms with E-state index in [9.17, 15) is 19.8 Å². The van der Waals surface area contributed by atoms with E-state index >= 15 is 0 Å². The summed E-state index contributed by atoms with van der Waals surface area (Å²) in [5, 5.41) is 21.3. The molecule has 39 heavy (non-hydrogen) atoms. The first-order valence-electron chi connectivity index (χ1n) is 12.4. The van der Waals surface area contributed by atoms with Gasteiger partial charge in [-0.3, -0.25) is 14.5 Å². The van der Waals surface area contributed by atoms with E-state index in [1.165, 1.54) is 24.1 Å². The van der Waals surface area contributed by atoms with E-state index in [1.54, 1.807) is 54.6 Å². The zero-order chi connectivity index (χ0) is 27.5. The highest BCUT2D eigenvalue weighted by Crippen LogP contribution is 2.43. The van der Waals surface area contributed by atoms with Crippen molar-refractivity contribution in [1.29, 1.82) is 0 Å². The third-order valence-corrected chi connectivity index (χ3v) is 6.69. The number of hydrogen-bond donors (Lipinski definition) is 2. The molecule has 1 aliphatic rings. The lowest BCUT2D eigenvalue weighted by Crippen LogP contribution is -2.29. The summed E-state index contributed by atoms with van der Waals surface area (Å²) in [6.07, 6.45) is 0. The minimum Gasteiger partial charge on any atom is -0.508 e. The number of Topliss-reactive ketones (excluding diaryl/α,β-unsaturated/α-hetero) is 1. The fourth-order valence-electron chi connectivity index (χ4n) is 4.66. The Morgan fingerprint density at radius 3 is 2.23 bits per heavy atom. The third kappa shape index (κ3) is 5.07. The van der Waals surface area contributed by atoms with Crippen molar-refractivity contribution in [3.05, 3.63) is 125 Å². The lowest BCUT2D eigenvalue weighted by molar-refractivity contribution is -0.132. The van der Waals surface area contributed by atoms with Crippen molar-refractivity contribution in [3.8, 4) is 17.2 Å². The Hall–Kier alpha value is -5.04. The predicted octanol–water partition coefficient (Wildman–Crippen LogP) is 5.91. The number of anilines is 1. The SMILES string of the molecule is COc1ccc(N2C(=O)C(=O)/C(=C(\O)c3ccc(OCc4ccccc4)c(C)c3)C2c2ccc(O)cc2)cc1. The minimum absolute atomic E-state index is 0.0427. The van der Waals surface area contributed by atoms with Crippen LogP contribution in [0.25, 0.3) is 5.76 Å². The first-order valence-corrected chi connectivity index (χ1v) is 12.4. The minimum atomic E-state index is -0.909. The van der Waals surface area contributed by atoms with Crippen molar-refractivity contribution in [2.24, 2.45) is 0 Å². The predicted molar refractivity (Wildman–Crippen MR) is 148 cm³/mol. The molecular weight excluding hydrogens is 494 g/mol. The van der Waals surface area contributed by atoms with Gasteiger partial charge in [0.15, 0.2) is 0 Å². The van der Waals surface area contributed by atoms with Crippen LogP contribution in [0, 0.1) is 6.92 Å². The van der Waals surface area contributed by atoms with Crippen LogP contribution in [0.1, 0.15) is 28.3 Å². The van der Waals surface area contributed by atoms with Gasteiger partial charge in [-0.25, -0.2) is 0 Å². The molecule has 1 heterocycles. The average molecular weight is 522 g/mol. The maximum atomic E-state index is 13.4. The zero-order valence-electron chi connectivity index (χ0n) is 21.5. The fraction of sp³-hybridized carbons (Fsp3) is 0.125. The molecule has 1 aliphatic heterocycles. The molecule has 196 valence electrons. The molecule has 7 nitrogen and oxygen atoms in total. The lowest BCUT2D eigenvalue weighted by Gasteiger charge is -2.25. The topological polar surface area (TPSA) is 96.3 Å². The molecule has 1 fully saturated rings. The van der Waals surface area contributed by atoms with Crippen LogP contribution in [0.15, 0.2) is 103 Å². The summed E-state index contributed by atoms with van der Waals surface area (Å²) in [6.45, 7) is 2.24. The van der Waals surface area contributed by atoms with Gasteiger partial charge in [-0.1, -0.05) is 42.5 Å². The molecule has 0 aromatic heterocycles. The van der Waals surface area contributed by atoms with Gasteiger partial charge in [0.25, 0.3) is 11.7 Å². The second-order valence-electron chi connectivity index (χ2n) is 9.21. The number of aliphatic hydroxyl groups is 1. The van der Waals surface area contributed by atoms with Crippen molar-refractivity contribution in [3.63, 3.8) is 0 Å². The number of phenolic OH excluding ortho intramolecular Hbond substituents is 1. The molecule has 1 amide bonds. The number of ketones is 1. The molecule has 1 unspecified atom stereocenters. The number of aromatic hydroxyl groups is 1. The number of ether oxygens (including phenoxy) is 2. The maximum Gasteiger partial charge on any atom is 0.300 e. The van der Waals surface area contributed by atoms with Crippen LogP contribution in [0.2, 0.25) is 0 Å². The quantitative estimate of drug-likeness (QED) is 0.178. The molecule has 0 radical (unpaired) electrons. The Labute approximate surface area is 226 Å². The summed E-state index contributed by atoms with van der Waals surface area (Å²) in [5.74, 6) is -0.574. The molecule has 0 aliphatic carbocycles. The summed E-state index contributed by atoms with van der Waals surface area (Å²) in [4.78, 5) is 28.1. The molecule has 0 spiro atoms. The molecule has 1 saturated heterocycles. The lowest BCUT2D eigenvalue weighted by atomic mass is 9.94. The number of aryl methyl sites for hydroxylation is 1. The first-order chi connectivity index (χ1) is 18.9. The number of amides is 1. The standard InChI is InChI=1S/C32H27NO6/c1-20-18-23(10-17-27(20)39-19-21-6-4-3-5-7-21)30(35)28-29(22-8-13-25(34)14-9-22)33(32(37)31(28)36)24-11-15-26(38-2)16-12-24/h3-18,29,34-35H,19H2,1-2H3/b30-28-. The van der Waals surface area contributed by atoms with E-state index in [4.69, 9.17) is 9.47 Å². The number of aliphatic hydroxyl groups excluding tert-OH is 1. The number of nitrogens with zero attached hydrogens (tertiary/aromatic N) is 1. The van der Waals surface area contributed by atoms with Crippen LogP contribution in [0.5, 0.6) is 17.2 Å². The number of carbonyl (C=O) groups is 2. The maximum absolute atomic E-state index is 13.4. The molecule has 5 rings (SSSR count). The Morgan fingerprint density at radius 1 is 0.897 bits per heavy atom. The molecule has 1 atom stereocenters. The summed E-state index contributed by atoms with van der Waals surface area (Å²) >= 11 is 0. The second-order valence-corrected chi connectivity index (χ2v) is 9.21. The van der Waals surface area contributed by atoms with Crippen molar-refractivity contribution in [2.75, 3.05) is 12.0 Å². The number of carbonyl (C=O) groups excluding carboxylic acids is 2. The molecule has 4 aromatic carbocycles. The summed E-state index contributed by atoms with van der Waals surface area (Å²) in [7, 11) is 1.54. The highest BCUT2D eigenvalue weighted by molar-refractivity contribution is 6.51. The molecule has 7 heteroatoms. The molecule has 2 N–H and O–H groups in total.